The van der Waals surface area contributed by atoms with Crippen molar-refractivity contribution in [3.05, 3.63) is 11.6 Å². The van der Waals surface area contributed by atoms with Gasteiger partial charge < -0.3 is 20.1 Å². The number of hydrogen-bond donors (Lipinski definition) is 3. The number of aliphatic hydroxyl groups is 3. The Morgan fingerprint density at radius 3 is 2.60 bits per heavy atom. The number of fused-ring (bicyclic) bond motifs is 2. The lowest BCUT2D eigenvalue weighted by Gasteiger charge is -2.66. The van der Waals surface area contributed by atoms with E-state index < -0.39 is 35.2 Å². The van der Waals surface area contributed by atoms with Gasteiger partial charge in [-0.05, 0) is 43.1 Å². The number of esters is 1. The molecule has 6 heteroatoms. The van der Waals surface area contributed by atoms with E-state index in [0.717, 1.165) is 5.57 Å². The van der Waals surface area contributed by atoms with Gasteiger partial charge in [0.2, 0.25) is 0 Å². The zero-order valence-electron chi connectivity index (χ0n) is 14.8. The lowest BCUT2D eigenvalue weighted by atomic mass is 9.42. The van der Waals surface area contributed by atoms with Crippen LogP contribution in [0.3, 0.4) is 0 Å². The molecule has 8 atom stereocenters. The maximum absolute atomic E-state index is 12.2. The van der Waals surface area contributed by atoms with E-state index in [9.17, 15) is 24.9 Å². The van der Waals surface area contributed by atoms with Crippen LogP contribution < -0.4 is 0 Å². The molecule has 25 heavy (non-hydrogen) atoms. The van der Waals surface area contributed by atoms with Crippen LogP contribution in [0.4, 0.5) is 0 Å². The van der Waals surface area contributed by atoms with Crippen molar-refractivity contribution in [3.8, 4) is 0 Å². The zero-order chi connectivity index (χ0) is 18.3. The van der Waals surface area contributed by atoms with Gasteiger partial charge in [-0.25, -0.2) is 0 Å². The van der Waals surface area contributed by atoms with E-state index >= 15 is 0 Å². The molecule has 1 aliphatic heterocycles. The Morgan fingerprint density at radius 2 is 1.92 bits per heavy atom. The van der Waals surface area contributed by atoms with Gasteiger partial charge >= 0.3 is 5.97 Å². The summed E-state index contributed by atoms with van der Waals surface area (Å²) in [6.07, 6.45) is 0.813. The molecule has 3 fully saturated rings. The molecule has 0 aromatic carbocycles. The number of carbonyl (C=O) groups is 2. The van der Waals surface area contributed by atoms with Crippen LogP contribution in [0.5, 0.6) is 0 Å². The van der Waals surface area contributed by atoms with Crippen molar-refractivity contribution < 1.29 is 29.6 Å². The fourth-order valence-corrected chi connectivity index (χ4v) is 6.56. The summed E-state index contributed by atoms with van der Waals surface area (Å²) in [6, 6.07) is 0. The number of hydrogen-bond acceptors (Lipinski definition) is 6. The number of ketones is 1. The monoisotopic (exact) mass is 350 g/mol. The van der Waals surface area contributed by atoms with Crippen LogP contribution >= 0.6 is 0 Å². The topological polar surface area (TPSA) is 104 Å². The summed E-state index contributed by atoms with van der Waals surface area (Å²) in [7, 11) is 0. The predicted octanol–water partition coefficient (Wildman–Crippen LogP) is 0.787. The Balaban J connectivity index is 1.89. The molecule has 3 N–H and O–H groups in total. The molecule has 0 amide bonds. The predicted molar refractivity (Wildman–Crippen MR) is 86.9 cm³/mol. The van der Waals surface area contributed by atoms with Crippen LogP contribution in [0.2, 0.25) is 0 Å². The molecule has 138 valence electrons. The maximum Gasteiger partial charge on any atom is 0.306 e. The Hall–Kier alpha value is -1.24. The maximum atomic E-state index is 12.2. The lowest BCUT2D eigenvalue weighted by molar-refractivity contribution is -0.362. The van der Waals surface area contributed by atoms with Gasteiger partial charge in [0.05, 0.1) is 0 Å². The van der Waals surface area contributed by atoms with Crippen LogP contribution in [0, 0.1) is 35.0 Å². The summed E-state index contributed by atoms with van der Waals surface area (Å²) >= 11 is 0. The van der Waals surface area contributed by atoms with E-state index in [0.29, 0.717) is 6.42 Å². The molecule has 0 aromatic rings. The minimum Gasteiger partial charge on any atom is -0.462 e. The highest BCUT2D eigenvalue weighted by atomic mass is 16.6. The fraction of sp³-hybridized carbons (Fsp3) is 0.789. The molecular formula is C19H26O6. The summed E-state index contributed by atoms with van der Waals surface area (Å²) in [5, 5.41) is 32.5. The molecule has 6 nitrogen and oxygen atoms in total. The third-order valence-electron chi connectivity index (χ3n) is 7.67. The van der Waals surface area contributed by atoms with E-state index in [1.165, 1.54) is 0 Å². The average molecular weight is 350 g/mol. The van der Waals surface area contributed by atoms with E-state index in [2.05, 4.69) is 0 Å². The molecule has 3 aliphatic carbocycles. The molecule has 4 aliphatic rings. The first-order chi connectivity index (χ1) is 11.6. The minimum absolute atomic E-state index is 0.0194. The molecule has 0 aromatic heterocycles. The SMILES string of the molecule is CC1=CC(=O)CC2[C@@H]3C4(C)C(C[C@@H]12)OC(=O)CC4[C@@H](C)[C@@H](O)C3(O)O. The van der Waals surface area contributed by atoms with Crippen LogP contribution in [0.15, 0.2) is 11.6 Å². The molecule has 1 saturated heterocycles. The summed E-state index contributed by atoms with van der Waals surface area (Å²) in [5.74, 6) is -4.31. The van der Waals surface area contributed by atoms with Crippen LogP contribution in [-0.4, -0.2) is 45.1 Å². The summed E-state index contributed by atoms with van der Waals surface area (Å²) in [5.41, 5.74) is 0.222. The number of aliphatic hydroxyl groups excluding tert-OH is 1. The van der Waals surface area contributed by atoms with E-state index in [4.69, 9.17) is 4.74 Å². The highest BCUT2D eigenvalue weighted by molar-refractivity contribution is 5.91. The number of allylic oxidation sites excluding steroid dienone is 2. The average Bonchev–Trinajstić information content (AvgIpc) is 2.50. The van der Waals surface area contributed by atoms with Crippen molar-refractivity contribution in [1.29, 1.82) is 0 Å². The van der Waals surface area contributed by atoms with Crippen molar-refractivity contribution in [2.75, 3.05) is 0 Å². The molecule has 0 spiro atoms. The Labute approximate surface area is 146 Å². The first kappa shape index (κ1) is 17.2. The van der Waals surface area contributed by atoms with Crippen LogP contribution in [0.25, 0.3) is 0 Å². The van der Waals surface area contributed by atoms with E-state index in [1.54, 1.807) is 13.0 Å². The first-order valence-electron chi connectivity index (χ1n) is 9.11. The van der Waals surface area contributed by atoms with E-state index in [1.807, 2.05) is 13.8 Å². The lowest BCUT2D eigenvalue weighted by Crippen LogP contribution is -2.74. The molecule has 1 heterocycles. The standard InChI is InChI=1S/C19H26O6/c1-8-4-10(20)5-12-11(8)6-14-18(3)13(7-15(21)25-14)9(2)17(22)19(23,24)16(12)18/h4,9,11-14,16-17,22-24H,5-7H2,1-3H3/t9-,11+,12?,13?,14?,16-,17-,18?/m1/s1. The summed E-state index contributed by atoms with van der Waals surface area (Å²) in [6.45, 7) is 5.58. The molecular weight excluding hydrogens is 324 g/mol. The van der Waals surface area contributed by atoms with Gasteiger partial charge in [-0.3, -0.25) is 9.59 Å². The van der Waals surface area contributed by atoms with Crippen molar-refractivity contribution in [2.24, 2.45) is 35.0 Å². The number of ether oxygens (including phenoxy) is 1. The summed E-state index contributed by atoms with van der Waals surface area (Å²) in [4.78, 5) is 24.3. The largest absolute Gasteiger partial charge is 0.462 e. The van der Waals surface area contributed by atoms with Crippen molar-refractivity contribution >= 4 is 11.8 Å². The first-order valence-corrected chi connectivity index (χ1v) is 9.11. The van der Waals surface area contributed by atoms with Gasteiger partial charge in [-0.2, -0.15) is 0 Å². The summed E-state index contributed by atoms with van der Waals surface area (Å²) < 4.78 is 5.68. The molecule has 0 bridgehead atoms. The number of rotatable bonds is 0. The normalized spacial score (nSPS) is 51.1. The van der Waals surface area contributed by atoms with Crippen molar-refractivity contribution in [2.45, 2.75) is 58.0 Å². The highest BCUT2D eigenvalue weighted by Gasteiger charge is 2.71. The third-order valence-corrected chi connectivity index (χ3v) is 7.67. The van der Waals surface area contributed by atoms with Gasteiger partial charge in [-0.15, -0.1) is 0 Å². The van der Waals surface area contributed by atoms with Crippen LogP contribution in [-0.2, 0) is 14.3 Å². The fourth-order valence-electron chi connectivity index (χ4n) is 6.56. The highest BCUT2D eigenvalue weighted by Crippen LogP contribution is 2.65. The van der Waals surface area contributed by atoms with Gasteiger partial charge in [-0.1, -0.05) is 19.4 Å². The zero-order valence-corrected chi connectivity index (χ0v) is 14.8. The van der Waals surface area contributed by atoms with Gasteiger partial charge in [0, 0.05) is 24.2 Å². The van der Waals surface area contributed by atoms with Gasteiger partial charge in [0.1, 0.15) is 12.2 Å². The molecule has 0 radical (unpaired) electrons. The third kappa shape index (κ3) is 2.07. The molecule has 4 rings (SSSR count). The second-order valence-electron chi connectivity index (χ2n) is 8.78. The molecule has 4 unspecified atom stereocenters. The Kier molecular flexibility index (Phi) is 3.54. The van der Waals surface area contributed by atoms with Gasteiger partial charge in [0.15, 0.2) is 11.6 Å². The van der Waals surface area contributed by atoms with Gasteiger partial charge in [0.25, 0.3) is 0 Å². The Bertz CT molecular complexity index is 667. The van der Waals surface area contributed by atoms with E-state index in [-0.39, 0.29) is 42.3 Å². The Morgan fingerprint density at radius 1 is 1.24 bits per heavy atom. The van der Waals surface area contributed by atoms with Crippen LogP contribution in [0.1, 0.15) is 40.0 Å². The van der Waals surface area contributed by atoms with Crippen molar-refractivity contribution in [1.82, 2.24) is 0 Å². The smallest absolute Gasteiger partial charge is 0.306 e. The second kappa shape index (κ2) is 5.15. The number of carbonyl (C=O) groups excluding carboxylic acids is 2. The minimum atomic E-state index is -2.31. The molecule has 2 saturated carbocycles. The van der Waals surface area contributed by atoms with Crippen molar-refractivity contribution in [3.63, 3.8) is 0 Å². The quantitative estimate of drug-likeness (QED) is 0.441. The second-order valence-corrected chi connectivity index (χ2v) is 8.78.